The molecule has 0 unspecified atom stereocenters. The number of aliphatic hydroxyl groups is 1. The molecule has 0 aliphatic carbocycles. The van der Waals surface area contributed by atoms with Gasteiger partial charge in [-0.3, -0.25) is 4.90 Å². The van der Waals surface area contributed by atoms with E-state index in [0.29, 0.717) is 5.88 Å². The van der Waals surface area contributed by atoms with Crippen molar-refractivity contribution < 1.29 is 9.84 Å². The molecule has 0 atom stereocenters. The van der Waals surface area contributed by atoms with Crippen LogP contribution in [0.2, 0.25) is 0 Å². The highest BCUT2D eigenvalue weighted by molar-refractivity contribution is 5.25. The number of hydrogen-bond donors (Lipinski definition) is 1. The van der Waals surface area contributed by atoms with Crippen LogP contribution < -0.4 is 4.74 Å². The van der Waals surface area contributed by atoms with Gasteiger partial charge in [-0.05, 0) is 19.0 Å². The second-order valence-corrected chi connectivity index (χ2v) is 3.62. The van der Waals surface area contributed by atoms with Crippen molar-refractivity contribution in [1.82, 2.24) is 9.88 Å². The maximum atomic E-state index is 8.81. The van der Waals surface area contributed by atoms with Gasteiger partial charge in [0, 0.05) is 31.5 Å². The van der Waals surface area contributed by atoms with Gasteiger partial charge in [-0.25, -0.2) is 4.98 Å². The topological polar surface area (TPSA) is 45.6 Å². The minimum absolute atomic E-state index is 0.237. The summed E-state index contributed by atoms with van der Waals surface area (Å²) in [6.07, 6.45) is 2.53. The summed E-state index contributed by atoms with van der Waals surface area (Å²) >= 11 is 0. The molecule has 1 rings (SSSR count). The molecular formula is C12H20N2O2. The lowest BCUT2D eigenvalue weighted by molar-refractivity contribution is 0.223. The van der Waals surface area contributed by atoms with Crippen LogP contribution in [0.25, 0.3) is 0 Å². The zero-order valence-electron chi connectivity index (χ0n) is 10.0. The Morgan fingerprint density at radius 1 is 1.50 bits per heavy atom. The maximum Gasteiger partial charge on any atom is 0.217 e. The van der Waals surface area contributed by atoms with E-state index in [1.807, 2.05) is 12.1 Å². The van der Waals surface area contributed by atoms with Crippen LogP contribution in [0.5, 0.6) is 5.88 Å². The quantitative estimate of drug-likeness (QED) is 0.758. The highest BCUT2D eigenvalue weighted by Gasteiger charge is 2.08. The monoisotopic (exact) mass is 224 g/mol. The Balaban J connectivity index is 2.62. The van der Waals surface area contributed by atoms with Gasteiger partial charge in [0.25, 0.3) is 0 Å². The molecule has 4 nitrogen and oxygen atoms in total. The van der Waals surface area contributed by atoms with E-state index in [9.17, 15) is 0 Å². The third-order valence-electron chi connectivity index (χ3n) is 2.52. The molecule has 1 aromatic rings. The lowest BCUT2D eigenvalue weighted by Crippen LogP contribution is -2.25. The van der Waals surface area contributed by atoms with Crippen molar-refractivity contribution >= 4 is 0 Å². The Hall–Kier alpha value is -1.13. The van der Waals surface area contributed by atoms with Crippen LogP contribution in [0.1, 0.15) is 18.9 Å². The summed E-state index contributed by atoms with van der Waals surface area (Å²) in [6.45, 7) is 5.01. The molecule has 16 heavy (non-hydrogen) atoms. The first-order valence-electron chi connectivity index (χ1n) is 5.63. The number of hydrogen-bond acceptors (Lipinski definition) is 4. The smallest absolute Gasteiger partial charge is 0.217 e. The van der Waals surface area contributed by atoms with E-state index >= 15 is 0 Å². The number of aliphatic hydroxyl groups excluding tert-OH is 1. The minimum Gasteiger partial charge on any atom is -0.481 e. The Labute approximate surface area is 96.9 Å². The van der Waals surface area contributed by atoms with E-state index in [2.05, 4.69) is 16.8 Å². The molecule has 0 spiro atoms. The highest BCUT2D eigenvalue weighted by Crippen LogP contribution is 2.15. The fourth-order valence-electron chi connectivity index (χ4n) is 1.61. The Morgan fingerprint density at radius 2 is 2.31 bits per heavy atom. The lowest BCUT2D eigenvalue weighted by Gasteiger charge is -2.20. The third kappa shape index (κ3) is 3.79. The van der Waals surface area contributed by atoms with Gasteiger partial charge in [0.15, 0.2) is 0 Å². The summed E-state index contributed by atoms with van der Waals surface area (Å²) in [5, 5.41) is 8.81. The maximum absolute atomic E-state index is 8.81. The highest BCUT2D eigenvalue weighted by atomic mass is 16.5. The summed E-state index contributed by atoms with van der Waals surface area (Å²) in [5.74, 6) is 0.685. The first kappa shape index (κ1) is 12.9. The van der Waals surface area contributed by atoms with Gasteiger partial charge in [-0.15, -0.1) is 0 Å². The van der Waals surface area contributed by atoms with Crippen molar-refractivity contribution in [1.29, 1.82) is 0 Å². The molecule has 4 heteroatoms. The molecule has 1 N–H and O–H groups in total. The molecule has 0 radical (unpaired) electrons. The number of methoxy groups -OCH3 is 1. The molecule has 0 aliphatic heterocycles. The molecule has 0 saturated heterocycles. The molecule has 0 bridgehead atoms. The molecule has 0 amide bonds. The summed E-state index contributed by atoms with van der Waals surface area (Å²) in [6, 6.07) is 3.94. The van der Waals surface area contributed by atoms with Crippen LogP contribution in [0, 0.1) is 0 Å². The predicted molar refractivity (Wildman–Crippen MR) is 63.4 cm³/mol. The average molecular weight is 224 g/mol. The van der Waals surface area contributed by atoms with Gasteiger partial charge in [0.05, 0.1) is 7.11 Å². The molecule has 1 aromatic heterocycles. The van der Waals surface area contributed by atoms with E-state index in [4.69, 9.17) is 9.84 Å². The van der Waals surface area contributed by atoms with Crippen LogP contribution in [0.4, 0.5) is 0 Å². The van der Waals surface area contributed by atoms with E-state index < -0.39 is 0 Å². The lowest BCUT2D eigenvalue weighted by atomic mass is 10.2. The van der Waals surface area contributed by atoms with E-state index in [0.717, 1.165) is 31.6 Å². The average Bonchev–Trinajstić information content (AvgIpc) is 2.34. The van der Waals surface area contributed by atoms with Crippen molar-refractivity contribution in [3.05, 3.63) is 23.9 Å². The largest absolute Gasteiger partial charge is 0.481 e. The Kier molecular flexibility index (Phi) is 5.82. The third-order valence-corrected chi connectivity index (χ3v) is 2.52. The molecule has 0 saturated carbocycles. The number of aromatic nitrogens is 1. The summed E-state index contributed by atoms with van der Waals surface area (Å²) < 4.78 is 5.21. The zero-order chi connectivity index (χ0) is 11.8. The van der Waals surface area contributed by atoms with E-state index in [1.54, 1.807) is 13.3 Å². The second-order valence-electron chi connectivity index (χ2n) is 3.62. The van der Waals surface area contributed by atoms with Gasteiger partial charge in [0.1, 0.15) is 0 Å². The molecule has 1 heterocycles. The number of ether oxygens (including phenoxy) is 1. The normalized spacial score (nSPS) is 10.8. The van der Waals surface area contributed by atoms with E-state index in [1.165, 1.54) is 0 Å². The Bertz CT molecular complexity index is 305. The number of rotatable bonds is 7. The number of pyridine rings is 1. The molecule has 0 aliphatic rings. The van der Waals surface area contributed by atoms with Crippen molar-refractivity contribution in [3.8, 4) is 5.88 Å². The Morgan fingerprint density at radius 3 is 2.94 bits per heavy atom. The van der Waals surface area contributed by atoms with Crippen LogP contribution in [0.3, 0.4) is 0 Å². The van der Waals surface area contributed by atoms with Gasteiger partial charge in [-0.1, -0.05) is 13.0 Å². The SMILES string of the molecule is CCN(CCCO)Cc1cccnc1OC. The fourth-order valence-corrected chi connectivity index (χ4v) is 1.61. The van der Waals surface area contributed by atoms with Gasteiger partial charge >= 0.3 is 0 Å². The van der Waals surface area contributed by atoms with Crippen LogP contribution in [0.15, 0.2) is 18.3 Å². The molecule has 0 fully saturated rings. The van der Waals surface area contributed by atoms with Crippen molar-refractivity contribution in [2.45, 2.75) is 19.9 Å². The minimum atomic E-state index is 0.237. The van der Waals surface area contributed by atoms with Gasteiger partial charge < -0.3 is 9.84 Å². The van der Waals surface area contributed by atoms with Crippen molar-refractivity contribution in [2.24, 2.45) is 0 Å². The first-order chi connectivity index (χ1) is 7.81. The predicted octanol–water partition coefficient (Wildman–Crippen LogP) is 1.29. The summed E-state index contributed by atoms with van der Waals surface area (Å²) in [4.78, 5) is 6.43. The van der Waals surface area contributed by atoms with Crippen LogP contribution >= 0.6 is 0 Å². The fraction of sp³-hybridized carbons (Fsp3) is 0.583. The van der Waals surface area contributed by atoms with Gasteiger partial charge in [-0.2, -0.15) is 0 Å². The summed E-state index contributed by atoms with van der Waals surface area (Å²) in [7, 11) is 1.63. The van der Waals surface area contributed by atoms with Crippen molar-refractivity contribution in [2.75, 3.05) is 26.8 Å². The zero-order valence-corrected chi connectivity index (χ0v) is 10.0. The molecule has 0 aromatic carbocycles. The second kappa shape index (κ2) is 7.19. The van der Waals surface area contributed by atoms with Crippen molar-refractivity contribution in [3.63, 3.8) is 0 Å². The van der Waals surface area contributed by atoms with E-state index in [-0.39, 0.29) is 6.61 Å². The number of nitrogens with zero attached hydrogens (tertiary/aromatic N) is 2. The first-order valence-corrected chi connectivity index (χ1v) is 5.63. The van der Waals surface area contributed by atoms with Gasteiger partial charge in [0.2, 0.25) is 5.88 Å². The molecule has 90 valence electrons. The van der Waals surface area contributed by atoms with Crippen LogP contribution in [-0.2, 0) is 6.54 Å². The standard InChI is InChI=1S/C12H20N2O2/c1-3-14(8-5-9-15)10-11-6-4-7-13-12(11)16-2/h4,6-7,15H,3,5,8-10H2,1-2H3. The van der Waals surface area contributed by atoms with Crippen LogP contribution in [-0.4, -0.2) is 41.8 Å². The molecular weight excluding hydrogens is 204 g/mol. The summed E-state index contributed by atoms with van der Waals surface area (Å²) in [5.41, 5.74) is 1.09.